The van der Waals surface area contributed by atoms with Crippen LogP contribution in [0.5, 0.6) is 0 Å². The second kappa shape index (κ2) is 6.60. The van der Waals surface area contributed by atoms with Crippen LogP contribution in [0.1, 0.15) is 56.2 Å². The van der Waals surface area contributed by atoms with Crippen molar-refractivity contribution in [1.29, 1.82) is 0 Å². The van der Waals surface area contributed by atoms with E-state index in [1.54, 1.807) is 0 Å². The normalized spacial score (nSPS) is 23.8. The van der Waals surface area contributed by atoms with Gasteiger partial charge < -0.3 is 5.32 Å². The molecule has 0 saturated heterocycles. The molecule has 3 rings (SSSR count). The minimum Gasteiger partial charge on any atom is -0.355 e. The second-order valence-corrected chi connectivity index (χ2v) is 6.69. The number of hydrogen-bond donors (Lipinski definition) is 2. The number of carbonyl (C=O) groups is 1. The van der Waals surface area contributed by atoms with Gasteiger partial charge in [-0.15, -0.1) is 0 Å². The molecule has 1 aliphatic carbocycles. The lowest BCUT2D eigenvalue weighted by Crippen LogP contribution is -2.42. The van der Waals surface area contributed by atoms with E-state index in [1.165, 1.54) is 43.4 Å². The standard InChI is InChI=1S/C16H26N4O/c1-12-9-20(10-14-8-18-19-16(12)14)11-15(21)17-7-13-5-3-2-4-6-13/h8,12-13H,2-7,9-11H2,1H3,(H,17,21)(H,18,19). The minimum absolute atomic E-state index is 0.166. The Hall–Kier alpha value is -1.36. The number of H-pyrrole nitrogens is 1. The zero-order valence-corrected chi connectivity index (χ0v) is 12.9. The number of rotatable bonds is 4. The Bertz CT molecular complexity index is 478. The van der Waals surface area contributed by atoms with Crippen LogP contribution < -0.4 is 5.32 Å². The molecule has 0 radical (unpaired) electrons. The molecule has 116 valence electrons. The van der Waals surface area contributed by atoms with E-state index in [4.69, 9.17) is 0 Å². The molecule has 1 saturated carbocycles. The predicted molar refractivity (Wildman–Crippen MR) is 81.9 cm³/mol. The average molecular weight is 290 g/mol. The fourth-order valence-corrected chi connectivity index (χ4v) is 3.69. The first-order valence-electron chi connectivity index (χ1n) is 8.23. The summed E-state index contributed by atoms with van der Waals surface area (Å²) in [6, 6.07) is 0. The highest BCUT2D eigenvalue weighted by Gasteiger charge is 2.25. The molecule has 2 heterocycles. The van der Waals surface area contributed by atoms with Crippen molar-refractivity contribution in [2.75, 3.05) is 19.6 Å². The molecule has 2 N–H and O–H groups in total. The number of aromatic amines is 1. The molecule has 1 aromatic heterocycles. The third kappa shape index (κ3) is 3.64. The maximum atomic E-state index is 12.1. The first-order chi connectivity index (χ1) is 10.2. The van der Waals surface area contributed by atoms with Crippen LogP contribution in [0.4, 0.5) is 0 Å². The Morgan fingerprint density at radius 3 is 3.05 bits per heavy atom. The van der Waals surface area contributed by atoms with Gasteiger partial charge in [-0.25, -0.2) is 0 Å². The third-order valence-corrected chi connectivity index (χ3v) is 4.85. The van der Waals surface area contributed by atoms with Gasteiger partial charge in [0, 0.05) is 36.8 Å². The smallest absolute Gasteiger partial charge is 0.234 e. The molecule has 1 amide bonds. The average Bonchev–Trinajstić information content (AvgIpc) is 2.95. The quantitative estimate of drug-likeness (QED) is 0.892. The Labute approximate surface area is 126 Å². The Morgan fingerprint density at radius 1 is 1.43 bits per heavy atom. The molecule has 0 aromatic carbocycles. The van der Waals surface area contributed by atoms with Gasteiger partial charge in [0.05, 0.1) is 12.7 Å². The highest BCUT2D eigenvalue weighted by atomic mass is 16.2. The van der Waals surface area contributed by atoms with Crippen LogP contribution in [0.3, 0.4) is 0 Å². The number of hydrogen-bond acceptors (Lipinski definition) is 3. The van der Waals surface area contributed by atoms with Crippen molar-refractivity contribution in [1.82, 2.24) is 20.4 Å². The maximum Gasteiger partial charge on any atom is 0.234 e. The van der Waals surface area contributed by atoms with Crippen LogP contribution >= 0.6 is 0 Å². The molecule has 1 unspecified atom stereocenters. The lowest BCUT2D eigenvalue weighted by molar-refractivity contribution is -0.122. The zero-order chi connectivity index (χ0) is 14.7. The Kier molecular flexibility index (Phi) is 4.58. The summed E-state index contributed by atoms with van der Waals surface area (Å²) in [5.41, 5.74) is 2.46. The SMILES string of the molecule is CC1CN(CC(=O)NCC2CCCCC2)Cc2cn[nH]c21. The second-order valence-electron chi connectivity index (χ2n) is 6.69. The summed E-state index contributed by atoms with van der Waals surface area (Å²) in [5, 5.41) is 10.3. The van der Waals surface area contributed by atoms with Gasteiger partial charge in [-0.3, -0.25) is 14.8 Å². The lowest BCUT2D eigenvalue weighted by atomic mass is 9.89. The molecule has 2 aliphatic rings. The summed E-state index contributed by atoms with van der Waals surface area (Å²) >= 11 is 0. The van der Waals surface area contributed by atoms with Crippen LogP contribution in [0.2, 0.25) is 0 Å². The molecule has 0 spiro atoms. The van der Waals surface area contributed by atoms with Crippen molar-refractivity contribution in [2.24, 2.45) is 5.92 Å². The number of nitrogens with one attached hydrogen (secondary N) is 2. The molecule has 0 bridgehead atoms. The summed E-state index contributed by atoms with van der Waals surface area (Å²) in [5.74, 6) is 1.28. The Balaban J connectivity index is 1.45. The highest BCUT2D eigenvalue weighted by Crippen LogP contribution is 2.25. The van der Waals surface area contributed by atoms with Crippen molar-refractivity contribution in [3.63, 3.8) is 0 Å². The van der Waals surface area contributed by atoms with E-state index in [1.807, 2.05) is 6.20 Å². The van der Waals surface area contributed by atoms with Gasteiger partial charge in [0.2, 0.25) is 5.91 Å². The fourth-order valence-electron chi connectivity index (χ4n) is 3.69. The van der Waals surface area contributed by atoms with E-state index in [0.29, 0.717) is 18.4 Å². The van der Waals surface area contributed by atoms with Crippen molar-refractivity contribution >= 4 is 5.91 Å². The molecule has 1 atom stereocenters. The Morgan fingerprint density at radius 2 is 2.24 bits per heavy atom. The predicted octanol–water partition coefficient (Wildman–Crippen LogP) is 2.03. The maximum absolute atomic E-state index is 12.1. The zero-order valence-electron chi connectivity index (χ0n) is 12.9. The topological polar surface area (TPSA) is 61.0 Å². The van der Waals surface area contributed by atoms with Gasteiger partial charge >= 0.3 is 0 Å². The lowest BCUT2D eigenvalue weighted by Gasteiger charge is -2.30. The summed E-state index contributed by atoms with van der Waals surface area (Å²) in [7, 11) is 0. The molecule has 21 heavy (non-hydrogen) atoms. The van der Waals surface area contributed by atoms with Gasteiger partial charge in [-0.1, -0.05) is 26.2 Å². The number of carbonyl (C=O) groups excluding carboxylic acids is 1. The molecule has 1 aromatic rings. The highest BCUT2D eigenvalue weighted by molar-refractivity contribution is 5.78. The molecular weight excluding hydrogens is 264 g/mol. The summed E-state index contributed by atoms with van der Waals surface area (Å²) in [6.07, 6.45) is 8.46. The molecule has 1 aliphatic heterocycles. The number of nitrogens with zero attached hydrogens (tertiary/aromatic N) is 2. The van der Waals surface area contributed by atoms with Crippen LogP contribution in [0, 0.1) is 5.92 Å². The molecule has 5 nitrogen and oxygen atoms in total. The third-order valence-electron chi connectivity index (χ3n) is 4.85. The number of amides is 1. The van der Waals surface area contributed by atoms with E-state index in [-0.39, 0.29) is 5.91 Å². The number of fused-ring (bicyclic) bond motifs is 1. The fraction of sp³-hybridized carbons (Fsp3) is 0.750. The van der Waals surface area contributed by atoms with Crippen molar-refractivity contribution in [2.45, 2.75) is 51.5 Å². The summed E-state index contributed by atoms with van der Waals surface area (Å²) in [4.78, 5) is 14.4. The van der Waals surface area contributed by atoms with Crippen molar-refractivity contribution in [3.8, 4) is 0 Å². The van der Waals surface area contributed by atoms with Crippen LogP contribution in [0.25, 0.3) is 0 Å². The van der Waals surface area contributed by atoms with E-state index >= 15 is 0 Å². The van der Waals surface area contributed by atoms with E-state index < -0.39 is 0 Å². The molecule has 1 fully saturated rings. The van der Waals surface area contributed by atoms with Crippen molar-refractivity contribution < 1.29 is 4.79 Å². The molecule has 5 heteroatoms. The minimum atomic E-state index is 0.166. The summed E-state index contributed by atoms with van der Waals surface area (Å²) < 4.78 is 0. The first kappa shape index (κ1) is 14.6. The van der Waals surface area contributed by atoms with Crippen LogP contribution in [0.15, 0.2) is 6.20 Å². The largest absolute Gasteiger partial charge is 0.355 e. The van der Waals surface area contributed by atoms with Crippen LogP contribution in [-0.2, 0) is 11.3 Å². The summed E-state index contributed by atoms with van der Waals surface area (Å²) in [6.45, 7) is 5.29. The van der Waals surface area contributed by atoms with Gasteiger partial charge in [0.25, 0.3) is 0 Å². The van der Waals surface area contributed by atoms with E-state index in [0.717, 1.165) is 19.6 Å². The van der Waals surface area contributed by atoms with Gasteiger partial charge in [0.1, 0.15) is 0 Å². The van der Waals surface area contributed by atoms with Gasteiger partial charge in [-0.05, 0) is 18.8 Å². The van der Waals surface area contributed by atoms with E-state index in [9.17, 15) is 4.79 Å². The van der Waals surface area contributed by atoms with Gasteiger partial charge in [-0.2, -0.15) is 5.10 Å². The van der Waals surface area contributed by atoms with E-state index in [2.05, 4.69) is 27.3 Å². The van der Waals surface area contributed by atoms with Gasteiger partial charge in [0.15, 0.2) is 0 Å². The van der Waals surface area contributed by atoms with Crippen LogP contribution in [-0.4, -0.2) is 40.6 Å². The molecular formula is C16H26N4O. The van der Waals surface area contributed by atoms with Crippen molar-refractivity contribution in [3.05, 3.63) is 17.5 Å². The number of aromatic nitrogens is 2. The first-order valence-corrected chi connectivity index (χ1v) is 8.23. The monoisotopic (exact) mass is 290 g/mol.